The summed E-state index contributed by atoms with van der Waals surface area (Å²) in [5, 5.41) is 0. The summed E-state index contributed by atoms with van der Waals surface area (Å²) in [7, 11) is -2.03. The van der Waals surface area contributed by atoms with Crippen molar-refractivity contribution in [2.45, 2.75) is 4.90 Å². The van der Waals surface area contributed by atoms with Gasteiger partial charge in [-0.15, -0.1) is 0 Å². The lowest BCUT2D eigenvalue weighted by atomic mass is 10.3. The van der Waals surface area contributed by atoms with Gasteiger partial charge in [-0.1, -0.05) is 12.1 Å². The van der Waals surface area contributed by atoms with Crippen LogP contribution in [-0.2, 0) is 14.8 Å². The maximum atomic E-state index is 12.3. The van der Waals surface area contributed by atoms with Crippen molar-refractivity contribution in [2.75, 3.05) is 32.4 Å². The highest BCUT2D eigenvalue weighted by atomic mass is 32.2. The summed E-state index contributed by atoms with van der Waals surface area (Å²) in [6.07, 6.45) is 0. The Morgan fingerprint density at radius 2 is 1.89 bits per heavy atom. The highest BCUT2D eigenvalue weighted by molar-refractivity contribution is 7.89. The lowest BCUT2D eigenvalue weighted by molar-refractivity contribution is -0.132. The van der Waals surface area contributed by atoms with Gasteiger partial charge in [0.25, 0.3) is 0 Å². The molecule has 0 unspecified atom stereocenters. The summed E-state index contributed by atoms with van der Waals surface area (Å²) in [4.78, 5) is 13.1. The third kappa shape index (κ3) is 2.19. The van der Waals surface area contributed by atoms with E-state index in [2.05, 4.69) is 0 Å². The summed E-state index contributed by atoms with van der Waals surface area (Å²) in [6.45, 7) is 0.552. The lowest BCUT2D eigenvalue weighted by Crippen LogP contribution is -2.50. The zero-order valence-corrected chi connectivity index (χ0v) is 10.9. The van der Waals surface area contributed by atoms with Crippen LogP contribution in [0.4, 0.5) is 5.69 Å². The minimum Gasteiger partial charge on any atom is -0.398 e. The number of nitrogen functional groups attached to an aromatic ring is 1. The van der Waals surface area contributed by atoms with E-state index in [0.29, 0.717) is 13.1 Å². The molecule has 6 nitrogen and oxygen atoms in total. The van der Waals surface area contributed by atoms with Gasteiger partial charge >= 0.3 is 0 Å². The number of hydrogen-bond donors (Lipinski definition) is 1. The molecule has 0 aromatic heterocycles. The first-order valence-electron chi connectivity index (χ1n) is 5.51. The van der Waals surface area contributed by atoms with Gasteiger partial charge in [0.1, 0.15) is 4.90 Å². The highest BCUT2D eigenvalue weighted by Crippen LogP contribution is 2.22. The summed E-state index contributed by atoms with van der Waals surface area (Å²) >= 11 is 0. The Labute approximate surface area is 106 Å². The van der Waals surface area contributed by atoms with Gasteiger partial charge in [0, 0.05) is 20.1 Å². The normalized spacial score (nSPS) is 18.1. The molecule has 1 aromatic rings. The van der Waals surface area contributed by atoms with Crippen LogP contribution in [-0.4, -0.2) is 50.2 Å². The van der Waals surface area contributed by atoms with Crippen molar-refractivity contribution in [1.82, 2.24) is 9.21 Å². The molecule has 1 saturated heterocycles. The van der Waals surface area contributed by atoms with Crippen LogP contribution in [0.15, 0.2) is 29.2 Å². The third-order valence-electron chi connectivity index (χ3n) is 2.96. The molecule has 1 amide bonds. The predicted molar refractivity (Wildman–Crippen MR) is 67.3 cm³/mol. The molecule has 0 bridgehead atoms. The summed E-state index contributed by atoms with van der Waals surface area (Å²) in [5.74, 6) is -0.209. The maximum absolute atomic E-state index is 12.3. The van der Waals surface area contributed by atoms with E-state index in [4.69, 9.17) is 5.73 Å². The van der Waals surface area contributed by atoms with Crippen LogP contribution in [0.2, 0.25) is 0 Å². The van der Waals surface area contributed by atoms with Gasteiger partial charge in [-0.2, -0.15) is 4.31 Å². The number of carbonyl (C=O) groups is 1. The fourth-order valence-corrected chi connectivity index (χ4v) is 3.29. The molecule has 1 aliphatic rings. The Hall–Kier alpha value is -1.60. The standard InChI is InChI=1S/C11H15N3O3S/c1-13-6-7-14(8-11(13)15)18(16,17)10-5-3-2-4-9(10)12/h2-5H,6-8,12H2,1H3. The van der Waals surface area contributed by atoms with Crippen molar-refractivity contribution in [2.24, 2.45) is 0 Å². The molecular weight excluding hydrogens is 254 g/mol. The monoisotopic (exact) mass is 269 g/mol. The number of piperazine rings is 1. The van der Waals surface area contributed by atoms with Gasteiger partial charge < -0.3 is 10.6 Å². The zero-order valence-electron chi connectivity index (χ0n) is 10.0. The smallest absolute Gasteiger partial charge is 0.245 e. The number of para-hydroxylation sites is 1. The van der Waals surface area contributed by atoms with Crippen molar-refractivity contribution < 1.29 is 13.2 Å². The maximum Gasteiger partial charge on any atom is 0.245 e. The number of amides is 1. The van der Waals surface area contributed by atoms with E-state index in [1.807, 2.05) is 0 Å². The van der Waals surface area contributed by atoms with Crippen molar-refractivity contribution >= 4 is 21.6 Å². The van der Waals surface area contributed by atoms with Gasteiger partial charge in [0.05, 0.1) is 12.2 Å². The van der Waals surface area contributed by atoms with Gasteiger partial charge in [0.2, 0.25) is 15.9 Å². The number of nitrogens with two attached hydrogens (primary N) is 1. The number of rotatable bonds is 2. The van der Waals surface area contributed by atoms with Crippen molar-refractivity contribution in [3.8, 4) is 0 Å². The molecule has 0 saturated carbocycles. The fraction of sp³-hybridized carbons (Fsp3) is 0.364. The molecule has 2 rings (SSSR count). The largest absolute Gasteiger partial charge is 0.398 e. The van der Waals surface area contributed by atoms with Crippen LogP contribution < -0.4 is 5.73 Å². The molecule has 1 aromatic carbocycles. The van der Waals surface area contributed by atoms with Gasteiger partial charge in [-0.05, 0) is 12.1 Å². The molecule has 98 valence electrons. The average molecular weight is 269 g/mol. The van der Waals surface area contributed by atoms with Crippen LogP contribution in [0, 0.1) is 0 Å². The first-order valence-corrected chi connectivity index (χ1v) is 6.95. The number of hydrogen-bond acceptors (Lipinski definition) is 4. The second-order valence-electron chi connectivity index (χ2n) is 4.19. The Morgan fingerprint density at radius 1 is 1.22 bits per heavy atom. The van der Waals surface area contributed by atoms with E-state index >= 15 is 0 Å². The van der Waals surface area contributed by atoms with Crippen LogP contribution >= 0.6 is 0 Å². The van der Waals surface area contributed by atoms with Gasteiger partial charge in [-0.25, -0.2) is 8.42 Å². The number of carbonyl (C=O) groups excluding carboxylic acids is 1. The Bertz CT molecular complexity index is 571. The van der Waals surface area contributed by atoms with Gasteiger partial charge in [0.15, 0.2) is 0 Å². The second-order valence-corrected chi connectivity index (χ2v) is 6.10. The van der Waals surface area contributed by atoms with E-state index in [0.717, 1.165) is 0 Å². The van der Waals surface area contributed by atoms with E-state index in [9.17, 15) is 13.2 Å². The Balaban J connectivity index is 2.33. The molecule has 1 aliphatic heterocycles. The summed E-state index contributed by atoms with van der Waals surface area (Å²) in [5.41, 5.74) is 5.87. The van der Waals surface area contributed by atoms with Crippen LogP contribution in [0.5, 0.6) is 0 Å². The van der Waals surface area contributed by atoms with E-state index in [-0.39, 0.29) is 23.0 Å². The van der Waals surface area contributed by atoms with Crippen LogP contribution in [0.1, 0.15) is 0 Å². The molecule has 0 atom stereocenters. The SMILES string of the molecule is CN1CCN(S(=O)(=O)c2ccccc2N)CC1=O. The molecule has 18 heavy (non-hydrogen) atoms. The minimum absolute atomic E-state index is 0.0577. The highest BCUT2D eigenvalue weighted by Gasteiger charge is 2.32. The molecule has 7 heteroatoms. The average Bonchev–Trinajstić information content (AvgIpc) is 2.33. The number of nitrogens with zero attached hydrogens (tertiary/aromatic N) is 2. The summed E-state index contributed by atoms with van der Waals surface area (Å²) in [6, 6.07) is 6.27. The number of sulfonamides is 1. The topological polar surface area (TPSA) is 83.7 Å². The second kappa shape index (κ2) is 4.58. The summed E-state index contributed by atoms with van der Waals surface area (Å²) < 4.78 is 25.8. The molecule has 1 fully saturated rings. The first kappa shape index (κ1) is 12.8. The lowest BCUT2D eigenvalue weighted by Gasteiger charge is -2.31. The number of likely N-dealkylation sites (N-methyl/N-ethyl adjacent to an activating group) is 1. The molecule has 0 radical (unpaired) electrons. The molecular formula is C11H15N3O3S. The van der Waals surface area contributed by atoms with E-state index in [1.54, 1.807) is 19.2 Å². The fourth-order valence-electron chi connectivity index (χ4n) is 1.80. The minimum atomic E-state index is -3.69. The van der Waals surface area contributed by atoms with Crippen LogP contribution in [0.25, 0.3) is 0 Å². The molecule has 1 heterocycles. The van der Waals surface area contributed by atoms with E-state index < -0.39 is 10.0 Å². The quantitative estimate of drug-likeness (QED) is 0.749. The van der Waals surface area contributed by atoms with E-state index in [1.165, 1.54) is 21.3 Å². The van der Waals surface area contributed by atoms with Crippen LogP contribution in [0.3, 0.4) is 0 Å². The first-order chi connectivity index (χ1) is 8.43. The number of benzene rings is 1. The van der Waals surface area contributed by atoms with Crippen molar-refractivity contribution in [3.05, 3.63) is 24.3 Å². The third-order valence-corrected chi connectivity index (χ3v) is 4.88. The number of anilines is 1. The van der Waals surface area contributed by atoms with Gasteiger partial charge in [-0.3, -0.25) is 4.79 Å². The molecule has 0 spiro atoms. The zero-order chi connectivity index (χ0) is 13.3. The Morgan fingerprint density at radius 3 is 2.50 bits per heavy atom. The molecule has 2 N–H and O–H groups in total. The van der Waals surface area contributed by atoms with Crippen molar-refractivity contribution in [3.63, 3.8) is 0 Å². The van der Waals surface area contributed by atoms with Crippen molar-refractivity contribution in [1.29, 1.82) is 0 Å². The Kier molecular flexibility index (Phi) is 3.27. The molecule has 0 aliphatic carbocycles. The predicted octanol–water partition coefficient (Wildman–Crippen LogP) is -0.269.